The number of hydrogen-bond acceptors (Lipinski definition) is 3. The number of carboxylic acids is 1. The quantitative estimate of drug-likeness (QED) is 0.809. The van der Waals surface area contributed by atoms with Crippen LogP contribution in [0, 0.1) is 12.8 Å². The van der Waals surface area contributed by atoms with E-state index in [-0.39, 0.29) is 11.3 Å². The maximum absolute atomic E-state index is 11.5. The molecule has 0 aliphatic rings. The van der Waals surface area contributed by atoms with Crippen LogP contribution in [0.3, 0.4) is 0 Å². The molecule has 1 heterocycles. The zero-order chi connectivity index (χ0) is 12.3. The van der Waals surface area contributed by atoms with Crippen LogP contribution in [-0.4, -0.2) is 21.0 Å². The van der Waals surface area contributed by atoms with Crippen molar-refractivity contribution in [1.82, 2.24) is 9.97 Å². The molecule has 0 saturated carbocycles. The molecule has 0 aromatic carbocycles. The third-order valence-corrected chi connectivity index (χ3v) is 2.32. The molecule has 88 valence electrons. The molecule has 0 aliphatic carbocycles. The highest BCUT2D eigenvalue weighted by molar-refractivity contribution is 5.88. The summed E-state index contributed by atoms with van der Waals surface area (Å²) in [6.45, 7) is 5.70. The fourth-order valence-electron chi connectivity index (χ4n) is 1.44. The summed E-state index contributed by atoms with van der Waals surface area (Å²) in [5.41, 5.74) is -0.568. The van der Waals surface area contributed by atoms with Gasteiger partial charge >= 0.3 is 5.97 Å². The van der Waals surface area contributed by atoms with E-state index in [2.05, 4.69) is 23.8 Å². The van der Waals surface area contributed by atoms with E-state index in [4.69, 9.17) is 5.11 Å². The normalized spacial score (nSPS) is 10.8. The predicted molar refractivity (Wildman–Crippen MR) is 59.7 cm³/mol. The van der Waals surface area contributed by atoms with Crippen molar-refractivity contribution < 1.29 is 9.90 Å². The Morgan fingerprint density at radius 3 is 2.56 bits per heavy atom. The molecule has 0 amide bonds. The van der Waals surface area contributed by atoms with Crippen molar-refractivity contribution in [3.8, 4) is 0 Å². The van der Waals surface area contributed by atoms with Gasteiger partial charge in [-0.15, -0.1) is 0 Å². The van der Waals surface area contributed by atoms with Crippen molar-refractivity contribution in [3.05, 3.63) is 27.4 Å². The van der Waals surface area contributed by atoms with Gasteiger partial charge in [0.15, 0.2) is 0 Å². The topological polar surface area (TPSA) is 83.0 Å². The van der Waals surface area contributed by atoms with Crippen LogP contribution in [0.2, 0.25) is 0 Å². The Bertz CT molecular complexity index is 449. The lowest BCUT2D eigenvalue weighted by Crippen LogP contribution is -2.23. The highest BCUT2D eigenvalue weighted by Crippen LogP contribution is 2.06. The van der Waals surface area contributed by atoms with Gasteiger partial charge in [-0.05, 0) is 19.3 Å². The van der Waals surface area contributed by atoms with E-state index in [1.54, 1.807) is 0 Å². The van der Waals surface area contributed by atoms with E-state index in [0.29, 0.717) is 18.2 Å². The Hall–Kier alpha value is -1.65. The van der Waals surface area contributed by atoms with Crippen molar-refractivity contribution in [3.63, 3.8) is 0 Å². The van der Waals surface area contributed by atoms with Crippen LogP contribution in [0.25, 0.3) is 0 Å². The van der Waals surface area contributed by atoms with Gasteiger partial charge in [0.05, 0.1) is 5.69 Å². The number of aromatic carboxylic acids is 1. The van der Waals surface area contributed by atoms with Crippen LogP contribution in [-0.2, 0) is 6.42 Å². The average Bonchev–Trinajstić information content (AvgIpc) is 2.12. The monoisotopic (exact) mass is 224 g/mol. The fourth-order valence-corrected chi connectivity index (χ4v) is 1.44. The lowest BCUT2D eigenvalue weighted by atomic mass is 10.1. The molecule has 16 heavy (non-hydrogen) atoms. The summed E-state index contributed by atoms with van der Waals surface area (Å²) in [5.74, 6) is -0.160. The standard InChI is InChI=1S/C11H16N2O3/c1-6(2)4-5-8-12-7(3)9(11(15)16)10(14)13-8/h6H,4-5H2,1-3H3,(H,15,16)(H,12,13,14). The van der Waals surface area contributed by atoms with Gasteiger partial charge in [-0.1, -0.05) is 13.8 Å². The summed E-state index contributed by atoms with van der Waals surface area (Å²) in [6, 6.07) is 0. The SMILES string of the molecule is Cc1nc(CCC(C)C)[nH]c(=O)c1C(=O)O. The Labute approximate surface area is 93.5 Å². The van der Waals surface area contributed by atoms with Crippen molar-refractivity contribution in [2.75, 3.05) is 0 Å². The predicted octanol–water partition coefficient (Wildman–Crippen LogP) is 1.37. The highest BCUT2D eigenvalue weighted by atomic mass is 16.4. The molecule has 0 fully saturated rings. The molecular weight excluding hydrogens is 208 g/mol. The van der Waals surface area contributed by atoms with Crippen molar-refractivity contribution in [2.24, 2.45) is 5.92 Å². The number of carboxylic acid groups (broad SMARTS) is 1. The zero-order valence-corrected chi connectivity index (χ0v) is 9.70. The fraction of sp³-hybridized carbons (Fsp3) is 0.545. The van der Waals surface area contributed by atoms with Gasteiger partial charge in [0.2, 0.25) is 0 Å². The lowest BCUT2D eigenvalue weighted by molar-refractivity contribution is 0.0693. The maximum atomic E-state index is 11.5. The smallest absolute Gasteiger partial charge is 0.343 e. The minimum Gasteiger partial charge on any atom is -0.477 e. The molecule has 0 saturated heterocycles. The number of nitrogens with one attached hydrogen (secondary N) is 1. The number of carbonyl (C=O) groups is 1. The van der Waals surface area contributed by atoms with Gasteiger partial charge in [-0.2, -0.15) is 0 Å². The molecule has 5 nitrogen and oxygen atoms in total. The summed E-state index contributed by atoms with van der Waals surface area (Å²) in [4.78, 5) is 28.8. The summed E-state index contributed by atoms with van der Waals surface area (Å²) in [7, 11) is 0. The summed E-state index contributed by atoms with van der Waals surface area (Å²) in [6.07, 6.45) is 1.57. The first kappa shape index (κ1) is 12.4. The Morgan fingerprint density at radius 1 is 1.50 bits per heavy atom. The molecule has 0 spiro atoms. The number of hydrogen-bond donors (Lipinski definition) is 2. The number of aromatic nitrogens is 2. The second-order valence-corrected chi connectivity index (χ2v) is 4.21. The average molecular weight is 224 g/mol. The minimum absolute atomic E-state index is 0.270. The largest absolute Gasteiger partial charge is 0.477 e. The Kier molecular flexibility index (Phi) is 3.82. The number of nitrogens with zero attached hydrogens (tertiary/aromatic N) is 1. The van der Waals surface area contributed by atoms with Crippen LogP contribution in [0.4, 0.5) is 0 Å². The first-order chi connectivity index (χ1) is 7.41. The van der Waals surface area contributed by atoms with Crippen LogP contribution in [0.1, 0.15) is 42.1 Å². The van der Waals surface area contributed by atoms with Crippen LogP contribution in [0.15, 0.2) is 4.79 Å². The third kappa shape index (κ3) is 2.92. The zero-order valence-electron chi connectivity index (χ0n) is 9.70. The van der Waals surface area contributed by atoms with E-state index in [9.17, 15) is 9.59 Å². The van der Waals surface area contributed by atoms with Gasteiger partial charge < -0.3 is 10.1 Å². The molecule has 0 atom stereocenters. The summed E-state index contributed by atoms with van der Waals surface area (Å²) in [5, 5.41) is 8.80. The molecule has 0 radical (unpaired) electrons. The molecular formula is C11H16N2O3. The lowest BCUT2D eigenvalue weighted by Gasteiger charge is -2.06. The van der Waals surface area contributed by atoms with Crippen LogP contribution >= 0.6 is 0 Å². The summed E-state index contributed by atoms with van der Waals surface area (Å²) < 4.78 is 0. The molecule has 0 unspecified atom stereocenters. The van der Waals surface area contributed by atoms with E-state index in [1.807, 2.05) is 0 Å². The minimum atomic E-state index is -1.23. The molecule has 0 aliphatic heterocycles. The van der Waals surface area contributed by atoms with Crippen molar-refractivity contribution in [1.29, 1.82) is 0 Å². The van der Waals surface area contributed by atoms with Crippen molar-refractivity contribution in [2.45, 2.75) is 33.6 Å². The van der Waals surface area contributed by atoms with Gasteiger partial charge in [0, 0.05) is 6.42 Å². The van der Waals surface area contributed by atoms with E-state index < -0.39 is 11.5 Å². The molecule has 2 N–H and O–H groups in total. The van der Waals surface area contributed by atoms with Crippen LogP contribution in [0.5, 0.6) is 0 Å². The Morgan fingerprint density at radius 2 is 2.12 bits per heavy atom. The number of H-pyrrole nitrogens is 1. The molecule has 1 aromatic heterocycles. The number of aryl methyl sites for hydroxylation is 2. The van der Waals surface area contributed by atoms with Gasteiger partial charge in [0.25, 0.3) is 5.56 Å². The first-order valence-electron chi connectivity index (χ1n) is 5.25. The second-order valence-electron chi connectivity index (χ2n) is 4.21. The number of aromatic amines is 1. The number of rotatable bonds is 4. The summed E-state index contributed by atoms with van der Waals surface area (Å²) >= 11 is 0. The molecule has 1 aromatic rings. The van der Waals surface area contributed by atoms with Crippen molar-refractivity contribution >= 4 is 5.97 Å². The molecule has 5 heteroatoms. The van der Waals surface area contributed by atoms with Crippen LogP contribution < -0.4 is 5.56 Å². The third-order valence-electron chi connectivity index (χ3n) is 2.32. The highest BCUT2D eigenvalue weighted by Gasteiger charge is 2.14. The van der Waals surface area contributed by atoms with E-state index in [1.165, 1.54) is 6.92 Å². The maximum Gasteiger partial charge on any atom is 0.343 e. The molecule has 1 rings (SSSR count). The van der Waals surface area contributed by atoms with Gasteiger partial charge in [0.1, 0.15) is 11.4 Å². The second kappa shape index (κ2) is 4.92. The first-order valence-corrected chi connectivity index (χ1v) is 5.25. The van der Waals surface area contributed by atoms with Gasteiger partial charge in [-0.25, -0.2) is 9.78 Å². The van der Waals surface area contributed by atoms with Gasteiger partial charge in [-0.3, -0.25) is 4.79 Å². The Balaban J connectivity index is 3.01. The van der Waals surface area contributed by atoms with E-state index >= 15 is 0 Å². The van der Waals surface area contributed by atoms with E-state index in [0.717, 1.165) is 6.42 Å². The molecule has 0 bridgehead atoms.